The number of carbonyl (C=O) groups excluding carboxylic acids is 2. The second kappa shape index (κ2) is 6.31. The number of ether oxygens (including phenoxy) is 1. The summed E-state index contributed by atoms with van der Waals surface area (Å²) in [5.74, 6) is -2.21. The quantitative estimate of drug-likeness (QED) is 0.533. The molecule has 5 nitrogen and oxygen atoms in total. The van der Waals surface area contributed by atoms with Crippen molar-refractivity contribution < 1.29 is 22.7 Å². The smallest absolute Gasteiger partial charge is 0.316 e. The van der Waals surface area contributed by atoms with Crippen molar-refractivity contribution in [3.8, 4) is 0 Å². The van der Waals surface area contributed by atoms with Crippen LogP contribution in [0.25, 0.3) is 0 Å². The van der Waals surface area contributed by atoms with Crippen molar-refractivity contribution in [2.75, 3.05) is 18.6 Å². The molecule has 1 saturated heterocycles. The zero-order chi connectivity index (χ0) is 13.8. The SMILES string of the molecule is CCCCC(C(=O)OC)C(=O)C1CCS(=O)(=O)C1. The highest BCUT2D eigenvalue weighted by atomic mass is 32.2. The van der Waals surface area contributed by atoms with E-state index in [1.165, 1.54) is 7.11 Å². The Kier molecular flexibility index (Phi) is 5.31. The number of carbonyl (C=O) groups is 2. The lowest BCUT2D eigenvalue weighted by Gasteiger charge is -2.16. The second-order valence-electron chi connectivity index (χ2n) is 4.72. The van der Waals surface area contributed by atoms with Gasteiger partial charge in [0.1, 0.15) is 5.92 Å². The minimum Gasteiger partial charge on any atom is -0.468 e. The largest absolute Gasteiger partial charge is 0.468 e. The van der Waals surface area contributed by atoms with Gasteiger partial charge in [-0.1, -0.05) is 19.8 Å². The molecular weight excluding hydrogens is 256 g/mol. The van der Waals surface area contributed by atoms with Crippen molar-refractivity contribution >= 4 is 21.6 Å². The Morgan fingerprint density at radius 1 is 1.39 bits per heavy atom. The third-order valence-electron chi connectivity index (χ3n) is 3.31. The van der Waals surface area contributed by atoms with E-state index < -0.39 is 27.6 Å². The molecule has 1 aliphatic rings. The Bertz CT molecular complexity index is 412. The first kappa shape index (κ1) is 15.1. The van der Waals surface area contributed by atoms with Crippen LogP contribution in [0.4, 0.5) is 0 Å². The molecule has 0 radical (unpaired) electrons. The molecule has 1 rings (SSSR count). The predicted molar refractivity (Wildman–Crippen MR) is 66.8 cm³/mol. The van der Waals surface area contributed by atoms with Gasteiger partial charge in [0, 0.05) is 5.92 Å². The van der Waals surface area contributed by atoms with Crippen LogP contribution in [0.2, 0.25) is 0 Å². The fraction of sp³-hybridized carbons (Fsp3) is 0.833. The van der Waals surface area contributed by atoms with Crippen LogP contribution in [-0.4, -0.2) is 38.8 Å². The highest BCUT2D eigenvalue weighted by molar-refractivity contribution is 7.91. The average Bonchev–Trinajstić information content (AvgIpc) is 2.69. The molecule has 18 heavy (non-hydrogen) atoms. The molecule has 6 heteroatoms. The van der Waals surface area contributed by atoms with Gasteiger partial charge < -0.3 is 4.74 Å². The molecule has 1 heterocycles. The van der Waals surface area contributed by atoms with Gasteiger partial charge in [0.05, 0.1) is 18.6 Å². The van der Waals surface area contributed by atoms with E-state index in [-0.39, 0.29) is 17.3 Å². The van der Waals surface area contributed by atoms with Gasteiger partial charge in [-0.3, -0.25) is 9.59 Å². The maximum Gasteiger partial charge on any atom is 0.316 e. The molecule has 0 aromatic carbocycles. The molecular formula is C12H20O5S. The number of sulfone groups is 1. The summed E-state index contributed by atoms with van der Waals surface area (Å²) in [6, 6.07) is 0. The topological polar surface area (TPSA) is 77.5 Å². The number of rotatable bonds is 6. The Morgan fingerprint density at radius 2 is 2.06 bits per heavy atom. The molecule has 0 amide bonds. The summed E-state index contributed by atoms with van der Waals surface area (Å²) in [4.78, 5) is 23.8. The molecule has 0 spiro atoms. The summed E-state index contributed by atoms with van der Waals surface area (Å²) in [7, 11) is -1.85. The number of esters is 1. The van der Waals surface area contributed by atoms with E-state index in [0.717, 1.165) is 12.8 Å². The van der Waals surface area contributed by atoms with E-state index in [1.54, 1.807) is 0 Å². The summed E-state index contributed by atoms with van der Waals surface area (Å²) < 4.78 is 27.3. The van der Waals surface area contributed by atoms with Gasteiger partial charge in [0.25, 0.3) is 0 Å². The maximum atomic E-state index is 12.2. The van der Waals surface area contributed by atoms with Crippen LogP contribution >= 0.6 is 0 Å². The Hall–Kier alpha value is -0.910. The Balaban J connectivity index is 2.73. The Morgan fingerprint density at radius 3 is 2.50 bits per heavy atom. The first-order chi connectivity index (χ1) is 8.41. The molecule has 0 aromatic rings. The lowest BCUT2D eigenvalue weighted by Crippen LogP contribution is -2.31. The highest BCUT2D eigenvalue weighted by Crippen LogP contribution is 2.25. The predicted octanol–water partition coefficient (Wildman–Crippen LogP) is 0.970. The molecule has 0 saturated carbocycles. The number of Topliss-reactive ketones (excluding diaryl/α,β-unsaturated/α-hetero) is 1. The number of methoxy groups -OCH3 is 1. The monoisotopic (exact) mass is 276 g/mol. The number of hydrogen-bond donors (Lipinski definition) is 0. The van der Waals surface area contributed by atoms with Crippen LogP contribution < -0.4 is 0 Å². The molecule has 0 aromatic heterocycles. The fourth-order valence-corrected chi connectivity index (χ4v) is 3.98. The van der Waals surface area contributed by atoms with Crippen LogP contribution in [0.3, 0.4) is 0 Å². The van der Waals surface area contributed by atoms with Gasteiger partial charge in [-0.25, -0.2) is 8.42 Å². The van der Waals surface area contributed by atoms with Crippen molar-refractivity contribution in [1.82, 2.24) is 0 Å². The minimum atomic E-state index is -3.10. The molecule has 1 fully saturated rings. The third kappa shape index (κ3) is 3.80. The lowest BCUT2D eigenvalue weighted by molar-refractivity contribution is -0.150. The van der Waals surface area contributed by atoms with Gasteiger partial charge in [-0.15, -0.1) is 0 Å². The first-order valence-electron chi connectivity index (χ1n) is 6.23. The molecule has 0 bridgehead atoms. The van der Waals surface area contributed by atoms with Gasteiger partial charge in [0.15, 0.2) is 15.6 Å². The van der Waals surface area contributed by atoms with Crippen molar-refractivity contribution in [2.45, 2.75) is 32.6 Å². The summed E-state index contributed by atoms with van der Waals surface area (Å²) >= 11 is 0. The Labute approximate surface area is 108 Å². The summed E-state index contributed by atoms with van der Waals surface area (Å²) in [5, 5.41) is 0. The molecule has 2 atom stereocenters. The fourth-order valence-electron chi connectivity index (χ4n) is 2.23. The maximum absolute atomic E-state index is 12.2. The van der Waals surface area contributed by atoms with Crippen LogP contribution in [0, 0.1) is 11.8 Å². The van der Waals surface area contributed by atoms with E-state index in [4.69, 9.17) is 0 Å². The zero-order valence-electron chi connectivity index (χ0n) is 10.8. The van der Waals surface area contributed by atoms with Crippen LogP contribution in [-0.2, 0) is 24.2 Å². The third-order valence-corrected chi connectivity index (χ3v) is 5.08. The lowest BCUT2D eigenvalue weighted by atomic mass is 9.88. The average molecular weight is 276 g/mol. The number of hydrogen-bond acceptors (Lipinski definition) is 5. The van der Waals surface area contributed by atoms with E-state index >= 15 is 0 Å². The van der Waals surface area contributed by atoms with Gasteiger partial charge >= 0.3 is 5.97 Å². The van der Waals surface area contributed by atoms with Crippen molar-refractivity contribution in [3.63, 3.8) is 0 Å². The number of unbranched alkanes of at least 4 members (excludes halogenated alkanes) is 1. The molecule has 1 aliphatic heterocycles. The molecule has 0 N–H and O–H groups in total. The van der Waals surface area contributed by atoms with Crippen molar-refractivity contribution in [1.29, 1.82) is 0 Å². The standard InChI is InChI=1S/C12H20O5S/c1-3-4-5-10(12(14)17-2)11(13)9-6-7-18(15,16)8-9/h9-10H,3-8H2,1-2H3. The highest BCUT2D eigenvalue weighted by Gasteiger charge is 2.38. The van der Waals surface area contributed by atoms with Crippen molar-refractivity contribution in [3.05, 3.63) is 0 Å². The van der Waals surface area contributed by atoms with Gasteiger partial charge in [0.2, 0.25) is 0 Å². The van der Waals surface area contributed by atoms with Crippen LogP contribution in [0.1, 0.15) is 32.6 Å². The van der Waals surface area contributed by atoms with Gasteiger partial charge in [-0.05, 0) is 12.8 Å². The van der Waals surface area contributed by atoms with E-state index in [9.17, 15) is 18.0 Å². The summed E-state index contributed by atoms with van der Waals surface area (Å²) in [6.45, 7) is 1.97. The number of ketones is 1. The van der Waals surface area contributed by atoms with E-state index in [0.29, 0.717) is 12.8 Å². The minimum absolute atomic E-state index is 0.0467. The zero-order valence-corrected chi connectivity index (χ0v) is 11.7. The van der Waals surface area contributed by atoms with Crippen LogP contribution in [0.5, 0.6) is 0 Å². The van der Waals surface area contributed by atoms with E-state index in [1.807, 2.05) is 6.92 Å². The summed E-state index contributed by atoms with van der Waals surface area (Å²) in [5.41, 5.74) is 0. The van der Waals surface area contributed by atoms with Crippen LogP contribution in [0.15, 0.2) is 0 Å². The second-order valence-corrected chi connectivity index (χ2v) is 6.95. The van der Waals surface area contributed by atoms with Gasteiger partial charge in [-0.2, -0.15) is 0 Å². The molecule has 0 aliphatic carbocycles. The normalized spacial score (nSPS) is 23.6. The molecule has 2 unspecified atom stereocenters. The van der Waals surface area contributed by atoms with Crippen molar-refractivity contribution in [2.24, 2.45) is 11.8 Å². The molecule has 104 valence electrons. The van der Waals surface area contributed by atoms with E-state index in [2.05, 4.69) is 4.74 Å². The first-order valence-corrected chi connectivity index (χ1v) is 8.05. The summed E-state index contributed by atoms with van der Waals surface area (Å²) in [6.07, 6.45) is 2.41.